The Morgan fingerprint density at radius 2 is 1.94 bits per heavy atom. The molecule has 176 valence electrons. The Bertz CT molecular complexity index is 983. The summed E-state index contributed by atoms with van der Waals surface area (Å²) in [5.74, 6) is -0.0419. The third-order valence-electron chi connectivity index (χ3n) is 6.36. The molecule has 1 aromatic heterocycles. The lowest BCUT2D eigenvalue weighted by molar-refractivity contribution is -0.116. The minimum Gasteiger partial charge on any atom is -0.388 e. The van der Waals surface area contributed by atoms with E-state index in [1.807, 2.05) is 0 Å². The minimum atomic E-state index is -0.887. The first-order valence-corrected chi connectivity index (χ1v) is 11.0. The summed E-state index contributed by atoms with van der Waals surface area (Å²) in [6.07, 6.45) is 3.14. The zero-order chi connectivity index (χ0) is 21.8. The number of fused-ring (bicyclic) bond motifs is 1. The van der Waals surface area contributed by atoms with E-state index in [-0.39, 0.29) is 30.4 Å². The lowest BCUT2D eigenvalue weighted by Gasteiger charge is -2.32. The van der Waals surface area contributed by atoms with Crippen LogP contribution in [0.4, 0.5) is 5.69 Å². The van der Waals surface area contributed by atoms with E-state index in [0.717, 1.165) is 45.8 Å². The van der Waals surface area contributed by atoms with Gasteiger partial charge < -0.3 is 25.5 Å². The van der Waals surface area contributed by atoms with Crippen LogP contribution in [0.2, 0.25) is 0 Å². The highest BCUT2D eigenvalue weighted by Gasteiger charge is 2.30. The highest BCUT2D eigenvalue weighted by Crippen LogP contribution is 2.20. The minimum absolute atomic E-state index is 0. The van der Waals surface area contributed by atoms with Crippen LogP contribution in [-0.4, -0.2) is 88.8 Å². The number of likely N-dealkylation sites (N-methyl/N-ethyl adjacent to an activating group) is 1. The van der Waals surface area contributed by atoms with Gasteiger partial charge in [0.15, 0.2) is 0 Å². The number of amides is 1. The number of aromatic nitrogens is 2. The van der Waals surface area contributed by atoms with Gasteiger partial charge >= 0.3 is 0 Å². The van der Waals surface area contributed by atoms with Gasteiger partial charge in [0.2, 0.25) is 5.91 Å². The molecule has 2 saturated heterocycles. The number of aliphatic hydroxyl groups is 1. The second-order valence-corrected chi connectivity index (χ2v) is 8.83. The molecule has 2 aromatic rings. The van der Waals surface area contributed by atoms with E-state index in [9.17, 15) is 14.7 Å². The van der Waals surface area contributed by atoms with Crippen LogP contribution in [0.25, 0.3) is 10.9 Å². The van der Waals surface area contributed by atoms with Crippen molar-refractivity contribution in [3.8, 4) is 0 Å². The van der Waals surface area contributed by atoms with Gasteiger partial charge in [0.25, 0.3) is 5.56 Å². The molecule has 1 aromatic carbocycles. The number of piperidine rings is 1. The number of carbonyl (C=O) groups is 1. The van der Waals surface area contributed by atoms with Crippen LogP contribution in [0.15, 0.2) is 29.3 Å². The lowest BCUT2D eigenvalue weighted by atomic mass is 9.92. The maximum atomic E-state index is 12.9. The number of hydrogen-bond donors (Lipinski definition) is 3. The number of carbonyl (C=O) groups excluding carboxylic acids is 1. The molecule has 9 nitrogen and oxygen atoms in total. The molecule has 2 aliphatic heterocycles. The van der Waals surface area contributed by atoms with E-state index < -0.39 is 5.60 Å². The molecule has 10 heteroatoms. The third-order valence-corrected chi connectivity index (χ3v) is 6.36. The Hall–Kier alpha value is -2.04. The van der Waals surface area contributed by atoms with Crippen LogP contribution in [0, 0.1) is 0 Å². The molecule has 2 fully saturated rings. The van der Waals surface area contributed by atoms with Crippen molar-refractivity contribution in [1.82, 2.24) is 24.7 Å². The summed E-state index contributed by atoms with van der Waals surface area (Å²) >= 11 is 0. The average molecular weight is 465 g/mol. The number of rotatable bonds is 6. The van der Waals surface area contributed by atoms with Crippen LogP contribution >= 0.6 is 12.4 Å². The number of hydrogen-bond acceptors (Lipinski definition) is 7. The third kappa shape index (κ3) is 6.05. The van der Waals surface area contributed by atoms with E-state index in [2.05, 4.69) is 32.5 Å². The number of halogens is 1. The second kappa shape index (κ2) is 10.7. The number of piperazine rings is 1. The lowest BCUT2D eigenvalue weighted by Crippen LogP contribution is -2.46. The van der Waals surface area contributed by atoms with Crippen molar-refractivity contribution in [2.45, 2.75) is 31.4 Å². The van der Waals surface area contributed by atoms with Gasteiger partial charge in [-0.3, -0.25) is 14.2 Å². The van der Waals surface area contributed by atoms with Crippen LogP contribution in [0.1, 0.15) is 19.3 Å². The summed E-state index contributed by atoms with van der Waals surface area (Å²) in [5.41, 5.74) is 0.111. The molecule has 32 heavy (non-hydrogen) atoms. The van der Waals surface area contributed by atoms with E-state index >= 15 is 0 Å². The van der Waals surface area contributed by atoms with Gasteiger partial charge in [-0.15, -0.1) is 12.4 Å². The first-order valence-electron chi connectivity index (χ1n) is 11.0. The zero-order valence-electron chi connectivity index (χ0n) is 18.5. The molecule has 0 aliphatic carbocycles. The topological polar surface area (TPSA) is 103 Å². The first kappa shape index (κ1) is 24.6. The molecule has 0 atom stereocenters. The fraction of sp³-hybridized carbons (Fsp3) is 0.591. The second-order valence-electron chi connectivity index (χ2n) is 8.83. The van der Waals surface area contributed by atoms with Crippen molar-refractivity contribution in [2.24, 2.45) is 0 Å². The van der Waals surface area contributed by atoms with Crippen LogP contribution in [0.5, 0.6) is 0 Å². The van der Waals surface area contributed by atoms with Crippen LogP contribution < -0.4 is 16.2 Å². The quantitative estimate of drug-likeness (QED) is 0.572. The molecule has 1 amide bonds. The first-order chi connectivity index (χ1) is 14.9. The van der Waals surface area contributed by atoms with Crippen molar-refractivity contribution in [3.63, 3.8) is 0 Å². The SMILES string of the molecule is CN1CCN(CCC(=O)Nc2ccc3c(=O)n(CC4(O)CCNCC4)cnc3c2)CC1.Cl. The number of nitrogens with one attached hydrogen (secondary N) is 2. The Kier molecular flexibility index (Phi) is 8.24. The molecule has 3 N–H and O–H groups in total. The standard InChI is InChI=1S/C22H32N6O3.ClH/c1-26-10-12-27(13-11-26)9-4-20(29)25-17-2-3-18-19(14-17)24-16-28(21(18)30)15-22(31)5-7-23-8-6-22;/h2-3,14,16,23,31H,4-13,15H2,1H3,(H,25,29);1H. The molecular formula is C22H33ClN6O3. The highest BCUT2D eigenvalue weighted by molar-refractivity contribution is 5.93. The molecule has 0 spiro atoms. The van der Waals surface area contributed by atoms with Gasteiger partial charge in [-0.25, -0.2) is 4.98 Å². The van der Waals surface area contributed by atoms with Gasteiger partial charge in [0, 0.05) is 44.8 Å². The van der Waals surface area contributed by atoms with Crippen molar-refractivity contribution in [3.05, 3.63) is 34.9 Å². The monoisotopic (exact) mass is 464 g/mol. The smallest absolute Gasteiger partial charge is 0.261 e. The van der Waals surface area contributed by atoms with Gasteiger partial charge in [0.1, 0.15) is 0 Å². The predicted molar refractivity (Wildman–Crippen MR) is 127 cm³/mol. The number of nitrogens with zero attached hydrogens (tertiary/aromatic N) is 4. The maximum absolute atomic E-state index is 12.9. The predicted octanol–water partition coefficient (Wildman–Crippen LogP) is 0.509. The average Bonchev–Trinajstić information content (AvgIpc) is 2.76. The molecule has 0 bridgehead atoms. The maximum Gasteiger partial charge on any atom is 0.261 e. The van der Waals surface area contributed by atoms with Gasteiger partial charge in [-0.1, -0.05) is 0 Å². The van der Waals surface area contributed by atoms with Crippen LogP contribution in [-0.2, 0) is 11.3 Å². The molecule has 0 radical (unpaired) electrons. The summed E-state index contributed by atoms with van der Waals surface area (Å²) < 4.78 is 1.49. The highest BCUT2D eigenvalue weighted by atomic mass is 35.5. The van der Waals surface area contributed by atoms with E-state index in [1.165, 1.54) is 10.9 Å². The largest absolute Gasteiger partial charge is 0.388 e. The summed E-state index contributed by atoms with van der Waals surface area (Å²) in [6, 6.07) is 5.17. The van der Waals surface area contributed by atoms with Crippen molar-refractivity contribution in [2.75, 3.05) is 58.2 Å². The molecule has 4 rings (SSSR count). The fourth-order valence-corrected chi connectivity index (χ4v) is 4.27. The van der Waals surface area contributed by atoms with Crippen molar-refractivity contribution in [1.29, 1.82) is 0 Å². The van der Waals surface area contributed by atoms with E-state index in [4.69, 9.17) is 0 Å². The summed E-state index contributed by atoms with van der Waals surface area (Å²) in [7, 11) is 2.11. The number of anilines is 1. The van der Waals surface area contributed by atoms with E-state index in [0.29, 0.717) is 35.9 Å². The molecular weight excluding hydrogens is 432 g/mol. The Labute approximate surface area is 194 Å². The fourth-order valence-electron chi connectivity index (χ4n) is 4.27. The van der Waals surface area contributed by atoms with Gasteiger partial charge in [-0.2, -0.15) is 0 Å². The normalized spacial score (nSPS) is 19.4. The Morgan fingerprint density at radius 1 is 1.22 bits per heavy atom. The Morgan fingerprint density at radius 3 is 2.66 bits per heavy atom. The summed E-state index contributed by atoms with van der Waals surface area (Å²) in [6.45, 7) is 6.50. The molecule has 0 unspecified atom stereocenters. The van der Waals surface area contributed by atoms with Gasteiger partial charge in [-0.05, 0) is 51.2 Å². The summed E-state index contributed by atoms with van der Waals surface area (Å²) in [5, 5.41) is 17.4. The molecule has 2 aliphatic rings. The summed E-state index contributed by atoms with van der Waals surface area (Å²) in [4.78, 5) is 34.2. The van der Waals surface area contributed by atoms with Crippen molar-refractivity contribution < 1.29 is 9.90 Å². The Balaban J connectivity index is 0.00000289. The molecule has 3 heterocycles. The van der Waals surface area contributed by atoms with E-state index in [1.54, 1.807) is 18.2 Å². The van der Waals surface area contributed by atoms with Gasteiger partial charge in [0.05, 0.1) is 29.4 Å². The van der Waals surface area contributed by atoms with Crippen LogP contribution in [0.3, 0.4) is 0 Å². The zero-order valence-corrected chi connectivity index (χ0v) is 19.4. The van der Waals surface area contributed by atoms with Crippen molar-refractivity contribution >= 4 is 34.9 Å². The number of benzene rings is 1. The molecule has 0 saturated carbocycles.